The summed E-state index contributed by atoms with van der Waals surface area (Å²) in [5.74, 6) is 1.27. The highest BCUT2D eigenvalue weighted by Crippen LogP contribution is 2.39. The van der Waals surface area contributed by atoms with Gasteiger partial charge in [0.1, 0.15) is 11.0 Å². The van der Waals surface area contributed by atoms with Crippen LogP contribution in [0, 0.1) is 6.92 Å². The predicted octanol–water partition coefficient (Wildman–Crippen LogP) is 4.66. The van der Waals surface area contributed by atoms with Crippen molar-refractivity contribution in [2.45, 2.75) is 23.4 Å². The average molecular weight is 458 g/mol. The number of thioether (sulfide) groups is 1. The summed E-state index contributed by atoms with van der Waals surface area (Å²) in [6.07, 6.45) is 0. The van der Waals surface area contributed by atoms with Crippen molar-refractivity contribution >= 4 is 23.4 Å². The SMILES string of the molecule is COc1cccc(NC(=O)C2Sc3nnc(-c4ccccc4)n3NC2c2ccc(C)cc2)c1. The van der Waals surface area contributed by atoms with Gasteiger partial charge in [0.25, 0.3) is 0 Å². The van der Waals surface area contributed by atoms with Gasteiger partial charge in [-0.1, -0.05) is 78.0 Å². The molecule has 0 spiro atoms. The molecule has 1 aromatic heterocycles. The summed E-state index contributed by atoms with van der Waals surface area (Å²) in [5, 5.41) is 12.0. The number of hydrogen-bond acceptors (Lipinski definition) is 6. The van der Waals surface area contributed by atoms with Crippen molar-refractivity contribution in [2.24, 2.45) is 0 Å². The molecule has 2 heterocycles. The third-order valence-corrected chi connectivity index (χ3v) is 6.72. The topological polar surface area (TPSA) is 81.1 Å². The van der Waals surface area contributed by atoms with Crippen molar-refractivity contribution in [3.63, 3.8) is 0 Å². The van der Waals surface area contributed by atoms with Crippen LogP contribution in [0.3, 0.4) is 0 Å². The summed E-state index contributed by atoms with van der Waals surface area (Å²) < 4.78 is 7.16. The molecular weight excluding hydrogens is 434 g/mol. The van der Waals surface area contributed by atoms with E-state index in [9.17, 15) is 4.79 Å². The van der Waals surface area contributed by atoms with Crippen LogP contribution in [-0.4, -0.2) is 33.1 Å². The summed E-state index contributed by atoms with van der Waals surface area (Å²) in [7, 11) is 1.60. The maximum Gasteiger partial charge on any atom is 0.240 e. The molecule has 0 aliphatic carbocycles. The Bertz CT molecular complexity index is 1270. The van der Waals surface area contributed by atoms with E-state index in [1.807, 2.05) is 60.1 Å². The Morgan fingerprint density at radius 3 is 2.58 bits per heavy atom. The van der Waals surface area contributed by atoms with Crippen LogP contribution in [0.15, 0.2) is 84.0 Å². The molecule has 0 radical (unpaired) electrons. The van der Waals surface area contributed by atoms with Gasteiger partial charge in [-0.15, -0.1) is 10.2 Å². The Morgan fingerprint density at radius 1 is 1.03 bits per heavy atom. The van der Waals surface area contributed by atoms with Crippen LogP contribution in [-0.2, 0) is 4.79 Å². The molecule has 4 aromatic rings. The summed E-state index contributed by atoms with van der Waals surface area (Å²) in [4.78, 5) is 13.4. The van der Waals surface area contributed by atoms with Crippen LogP contribution < -0.4 is 15.5 Å². The van der Waals surface area contributed by atoms with Crippen molar-refractivity contribution in [1.82, 2.24) is 14.9 Å². The molecule has 3 aromatic carbocycles. The number of hydrogen-bond donors (Lipinski definition) is 2. The predicted molar refractivity (Wildman–Crippen MR) is 130 cm³/mol. The van der Waals surface area contributed by atoms with Gasteiger partial charge < -0.3 is 15.5 Å². The summed E-state index contributed by atoms with van der Waals surface area (Å²) in [6.45, 7) is 2.05. The Morgan fingerprint density at radius 2 is 1.82 bits per heavy atom. The normalized spacial score (nSPS) is 17.0. The molecule has 0 fully saturated rings. The maximum atomic E-state index is 13.4. The van der Waals surface area contributed by atoms with Crippen LogP contribution in [0.4, 0.5) is 5.69 Å². The van der Waals surface area contributed by atoms with Crippen molar-refractivity contribution in [2.75, 3.05) is 17.9 Å². The second-order valence-electron chi connectivity index (χ2n) is 7.78. The van der Waals surface area contributed by atoms with Crippen LogP contribution in [0.5, 0.6) is 5.75 Å². The van der Waals surface area contributed by atoms with Gasteiger partial charge in [-0.2, -0.15) is 0 Å². The third-order valence-electron chi connectivity index (χ3n) is 5.50. The van der Waals surface area contributed by atoms with Crippen LogP contribution in [0.2, 0.25) is 0 Å². The Labute approximate surface area is 196 Å². The highest BCUT2D eigenvalue weighted by Gasteiger charge is 2.38. The molecule has 2 unspecified atom stereocenters. The van der Waals surface area contributed by atoms with E-state index < -0.39 is 5.25 Å². The first-order valence-electron chi connectivity index (χ1n) is 10.6. The Kier molecular flexibility index (Phi) is 5.75. The molecule has 2 N–H and O–H groups in total. The molecule has 1 amide bonds. The zero-order chi connectivity index (χ0) is 22.8. The minimum absolute atomic E-state index is 0.123. The number of rotatable bonds is 5. The number of carbonyl (C=O) groups is 1. The van der Waals surface area contributed by atoms with Gasteiger partial charge in [0.15, 0.2) is 5.82 Å². The van der Waals surface area contributed by atoms with Gasteiger partial charge in [0.05, 0.1) is 13.2 Å². The summed E-state index contributed by atoms with van der Waals surface area (Å²) in [6, 6.07) is 25.1. The number of methoxy groups -OCH3 is 1. The largest absolute Gasteiger partial charge is 0.497 e. The summed E-state index contributed by atoms with van der Waals surface area (Å²) in [5.41, 5.74) is 7.31. The van der Waals surface area contributed by atoms with Crippen molar-refractivity contribution in [1.29, 1.82) is 0 Å². The minimum Gasteiger partial charge on any atom is -0.497 e. The maximum absolute atomic E-state index is 13.4. The zero-order valence-corrected chi connectivity index (χ0v) is 19.0. The number of benzene rings is 3. The van der Waals surface area contributed by atoms with E-state index in [0.717, 1.165) is 16.7 Å². The molecular formula is C25H23N5O2S. The van der Waals surface area contributed by atoms with Crippen molar-refractivity contribution < 1.29 is 9.53 Å². The number of nitrogens with one attached hydrogen (secondary N) is 2. The van der Waals surface area contributed by atoms with Gasteiger partial charge >= 0.3 is 0 Å². The smallest absolute Gasteiger partial charge is 0.240 e. The quantitative estimate of drug-likeness (QED) is 0.454. The van der Waals surface area contributed by atoms with Crippen molar-refractivity contribution in [3.05, 3.63) is 90.0 Å². The Balaban J connectivity index is 1.50. The van der Waals surface area contributed by atoms with Crippen LogP contribution >= 0.6 is 11.8 Å². The first-order valence-corrected chi connectivity index (χ1v) is 11.5. The van der Waals surface area contributed by atoms with Crippen molar-refractivity contribution in [3.8, 4) is 17.1 Å². The number of anilines is 1. The first-order chi connectivity index (χ1) is 16.1. The molecule has 2 atom stereocenters. The molecule has 5 rings (SSSR count). The molecule has 1 aliphatic heterocycles. The van der Waals surface area contributed by atoms with E-state index in [-0.39, 0.29) is 11.9 Å². The number of fused-ring (bicyclic) bond motifs is 1. The van der Waals surface area contributed by atoms with E-state index in [1.54, 1.807) is 13.2 Å². The van der Waals surface area contributed by atoms with Gasteiger partial charge in [0.2, 0.25) is 11.1 Å². The van der Waals surface area contributed by atoms with E-state index in [1.165, 1.54) is 11.8 Å². The van der Waals surface area contributed by atoms with Crippen LogP contribution in [0.1, 0.15) is 17.2 Å². The average Bonchev–Trinajstić information content (AvgIpc) is 3.27. The molecule has 0 saturated carbocycles. The number of ether oxygens (including phenoxy) is 1. The lowest BCUT2D eigenvalue weighted by Gasteiger charge is -2.33. The van der Waals surface area contributed by atoms with Crippen LogP contribution in [0.25, 0.3) is 11.4 Å². The fourth-order valence-electron chi connectivity index (χ4n) is 3.77. The molecule has 7 nitrogen and oxygen atoms in total. The van der Waals surface area contributed by atoms with Gasteiger partial charge in [-0.05, 0) is 24.6 Å². The second-order valence-corrected chi connectivity index (χ2v) is 8.89. The number of nitrogens with zero attached hydrogens (tertiary/aromatic N) is 3. The molecule has 0 bridgehead atoms. The first kappa shape index (κ1) is 21.1. The summed E-state index contributed by atoms with van der Waals surface area (Å²) >= 11 is 1.40. The minimum atomic E-state index is -0.459. The lowest BCUT2D eigenvalue weighted by molar-refractivity contribution is -0.116. The lowest BCUT2D eigenvalue weighted by Crippen LogP contribution is -2.41. The monoisotopic (exact) mass is 457 g/mol. The molecule has 1 aliphatic rings. The van der Waals surface area contributed by atoms with E-state index in [4.69, 9.17) is 4.74 Å². The van der Waals surface area contributed by atoms with Gasteiger partial charge in [0, 0.05) is 17.3 Å². The number of aryl methyl sites for hydroxylation is 1. The molecule has 166 valence electrons. The Hall–Kier alpha value is -3.78. The zero-order valence-electron chi connectivity index (χ0n) is 18.2. The lowest BCUT2D eigenvalue weighted by atomic mass is 10.0. The van der Waals surface area contributed by atoms with E-state index in [0.29, 0.717) is 22.4 Å². The number of aromatic nitrogens is 3. The third kappa shape index (κ3) is 4.29. The molecule has 33 heavy (non-hydrogen) atoms. The highest BCUT2D eigenvalue weighted by atomic mass is 32.2. The van der Waals surface area contributed by atoms with E-state index in [2.05, 4.69) is 45.2 Å². The fraction of sp³-hybridized carbons (Fsp3) is 0.160. The second kappa shape index (κ2) is 8.99. The van der Waals surface area contributed by atoms with E-state index >= 15 is 0 Å². The van der Waals surface area contributed by atoms with Gasteiger partial charge in [-0.25, -0.2) is 4.68 Å². The highest BCUT2D eigenvalue weighted by molar-refractivity contribution is 8.00. The number of amides is 1. The number of carbonyl (C=O) groups excluding carboxylic acids is 1. The molecule has 8 heteroatoms. The molecule has 0 saturated heterocycles. The fourth-order valence-corrected chi connectivity index (χ4v) is 4.85. The standard InChI is InChI=1S/C25H23N5O2S/c1-16-11-13-17(14-12-16)21-22(24(31)26-19-9-6-10-20(15-19)32-2)33-25-28-27-23(30(25)29-21)18-7-4-3-5-8-18/h3-15,21-22,29H,1-2H3,(H,26,31). The van der Waals surface area contributed by atoms with Gasteiger partial charge in [-0.3, -0.25) is 4.79 Å².